The van der Waals surface area contributed by atoms with Gasteiger partial charge in [0.05, 0.1) is 0 Å². The van der Waals surface area contributed by atoms with Gasteiger partial charge >= 0.3 is 0 Å². The van der Waals surface area contributed by atoms with E-state index < -0.39 is 0 Å². The van der Waals surface area contributed by atoms with Crippen molar-refractivity contribution < 1.29 is 0 Å². The lowest BCUT2D eigenvalue weighted by molar-refractivity contribution is 0.0733. The topological polar surface area (TPSA) is 0 Å². The first kappa shape index (κ1) is 9.93. The van der Waals surface area contributed by atoms with Crippen LogP contribution in [-0.4, -0.2) is 0 Å². The minimum atomic E-state index is 0.548. The fourth-order valence-electron chi connectivity index (χ4n) is 5.57. The maximum absolute atomic E-state index is 2.63. The molecule has 0 bridgehead atoms. The molecule has 0 saturated heterocycles. The first-order valence-corrected chi connectivity index (χ1v) is 6.71. The van der Waals surface area contributed by atoms with E-state index in [4.69, 9.17) is 0 Å². The molecule has 2 saturated carbocycles. The number of hydrogen-bond acceptors (Lipinski definition) is 0. The third-order valence-corrected chi connectivity index (χ3v) is 6.40. The number of rotatable bonds is 0. The fraction of sp³-hybridized carbons (Fsp3) is 0.867. The molecular weight excluding hydrogens is 180 g/mol. The molecule has 0 aromatic carbocycles. The van der Waals surface area contributed by atoms with Crippen LogP contribution in [0.4, 0.5) is 0 Å². The Morgan fingerprint density at radius 1 is 1.20 bits per heavy atom. The minimum absolute atomic E-state index is 0.548. The zero-order valence-electron chi connectivity index (χ0n) is 10.6. The molecule has 0 N–H and O–H groups in total. The van der Waals surface area contributed by atoms with E-state index in [0.29, 0.717) is 10.8 Å². The summed E-state index contributed by atoms with van der Waals surface area (Å²) in [6.07, 6.45) is 8.54. The Hall–Kier alpha value is -0.260. The standard InChI is InChI=1S/C15H24/c1-10-5-8-15-12(3)11(2)9-14(15,4)7-6-13(10)15/h9-10,12-13H,5-8H2,1-4H3/t10-,12+,13+,14+,15-/m1/s1. The molecule has 0 heteroatoms. The number of allylic oxidation sites excluding steroid dienone is 2. The Labute approximate surface area is 94.1 Å². The molecule has 1 spiro atoms. The molecule has 0 aromatic rings. The third kappa shape index (κ3) is 0.905. The molecule has 2 fully saturated rings. The molecule has 0 unspecified atom stereocenters. The van der Waals surface area contributed by atoms with Crippen molar-refractivity contribution in [3.8, 4) is 0 Å². The third-order valence-electron chi connectivity index (χ3n) is 6.40. The maximum atomic E-state index is 2.63. The lowest BCUT2D eigenvalue weighted by atomic mass is 9.61. The SMILES string of the molecule is CC1=C[C@]2(C)CC[C@H]3[C@H](C)CC[C@@]32[C@H]1C. The second-order valence-electron chi connectivity index (χ2n) is 6.73. The quantitative estimate of drug-likeness (QED) is 0.513. The van der Waals surface area contributed by atoms with Crippen LogP contribution in [0.25, 0.3) is 0 Å². The molecule has 0 radical (unpaired) electrons. The van der Waals surface area contributed by atoms with Crippen LogP contribution >= 0.6 is 0 Å². The summed E-state index contributed by atoms with van der Waals surface area (Å²) in [5.74, 6) is 2.85. The van der Waals surface area contributed by atoms with Gasteiger partial charge in [0.2, 0.25) is 0 Å². The van der Waals surface area contributed by atoms with Gasteiger partial charge in [0, 0.05) is 0 Å². The van der Waals surface area contributed by atoms with E-state index in [2.05, 4.69) is 33.8 Å². The highest BCUT2D eigenvalue weighted by molar-refractivity contribution is 5.31. The van der Waals surface area contributed by atoms with Crippen molar-refractivity contribution in [2.75, 3.05) is 0 Å². The number of hydrogen-bond donors (Lipinski definition) is 0. The highest BCUT2D eigenvalue weighted by Gasteiger charge is 2.65. The predicted octanol–water partition coefficient (Wildman–Crippen LogP) is 4.42. The summed E-state index contributed by atoms with van der Waals surface area (Å²) in [6.45, 7) is 9.89. The van der Waals surface area contributed by atoms with E-state index in [-0.39, 0.29) is 0 Å². The van der Waals surface area contributed by atoms with E-state index in [1.165, 1.54) is 25.7 Å². The molecule has 3 aliphatic carbocycles. The lowest BCUT2D eigenvalue weighted by Crippen LogP contribution is -2.37. The van der Waals surface area contributed by atoms with E-state index in [1.807, 2.05) is 0 Å². The van der Waals surface area contributed by atoms with E-state index >= 15 is 0 Å². The molecule has 3 aliphatic rings. The smallest absolute Gasteiger partial charge is 0.00790 e. The monoisotopic (exact) mass is 204 g/mol. The van der Waals surface area contributed by atoms with Crippen molar-refractivity contribution in [1.82, 2.24) is 0 Å². The molecule has 0 nitrogen and oxygen atoms in total. The van der Waals surface area contributed by atoms with Crippen molar-refractivity contribution in [3.63, 3.8) is 0 Å². The Balaban J connectivity index is 2.11. The van der Waals surface area contributed by atoms with Gasteiger partial charge in [-0.25, -0.2) is 0 Å². The molecule has 84 valence electrons. The second kappa shape index (κ2) is 2.70. The molecule has 5 atom stereocenters. The summed E-state index contributed by atoms with van der Waals surface area (Å²) in [5.41, 5.74) is 2.89. The first-order valence-electron chi connectivity index (χ1n) is 6.71. The van der Waals surface area contributed by atoms with Gasteiger partial charge < -0.3 is 0 Å². The van der Waals surface area contributed by atoms with Crippen molar-refractivity contribution in [2.45, 2.75) is 53.4 Å². The highest BCUT2D eigenvalue weighted by atomic mass is 14.7. The zero-order chi connectivity index (χ0) is 10.8. The van der Waals surface area contributed by atoms with Gasteiger partial charge in [0.1, 0.15) is 0 Å². The lowest BCUT2D eigenvalue weighted by Gasteiger charge is -2.42. The molecular formula is C15H24. The van der Waals surface area contributed by atoms with Crippen molar-refractivity contribution in [2.24, 2.45) is 28.6 Å². The van der Waals surface area contributed by atoms with Crippen molar-refractivity contribution in [1.29, 1.82) is 0 Å². The van der Waals surface area contributed by atoms with Crippen LogP contribution in [0, 0.1) is 28.6 Å². The van der Waals surface area contributed by atoms with Crippen LogP contribution in [-0.2, 0) is 0 Å². The zero-order valence-corrected chi connectivity index (χ0v) is 10.6. The average Bonchev–Trinajstić information content (AvgIpc) is 2.70. The Kier molecular flexibility index (Phi) is 1.79. The van der Waals surface area contributed by atoms with Gasteiger partial charge in [0.15, 0.2) is 0 Å². The summed E-state index contributed by atoms with van der Waals surface area (Å²) in [6, 6.07) is 0. The highest BCUT2D eigenvalue weighted by Crippen LogP contribution is 2.73. The Morgan fingerprint density at radius 2 is 1.93 bits per heavy atom. The second-order valence-corrected chi connectivity index (χ2v) is 6.73. The van der Waals surface area contributed by atoms with Crippen LogP contribution in [0.15, 0.2) is 11.6 Å². The molecule has 0 amide bonds. The molecule has 0 aliphatic heterocycles. The minimum Gasteiger partial charge on any atom is -0.0788 e. The van der Waals surface area contributed by atoms with Crippen LogP contribution in [0.2, 0.25) is 0 Å². The van der Waals surface area contributed by atoms with E-state index in [9.17, 15) is 0 Å². The summed E-state index contributed by atoms with van der Waals surface area (Å²) in [4.78, 5) is 0. The Morgan fingerprint density at radius 3 is 2.67 bits per heavy atom. The van der Waals surface area contributed by atoms with Crippen LogP contribution < -0.4 is 0 Å². The first-order chi connectivity index (χ1) is 7.01. The van der Waals surface area contributed by atoms with Gasteiger partial charge in [-0.15, -0.1) is 0 Å². The Bertz CT molecular complexity index is 327. The molecule has 15 heavy (non-hydrogen) atoms. The van der Waals surface area contributed by atoms with Crippen molar-refractivity contribution >= 4 is 0 Å². The largest absolute Gasteiger partial charge is 0.0788 e. The summed E-state index contributed by atoms with van der Waals surface area (Å²) in [7, 11) is 0. The van der Waals surface area contributed by atoms with E-state index in [1.54, 1.807) is 5.57 Å². The molecule has 3 rings (SSSR count). The average molecular weight is 204 g/mol. The fourth-order valence-corrected chi connectivity index (χ4v) is 5.57. The van der Waals surface area contributed by atoms with Gasteiger partial charge in [-0.1, -0.05) is 32.4 Å². The summed E-state index contributed by atoms with van der Waals surface area (Å²) in [5, 5.41) is 0. The maximum Gasteiger partial charge on any atom is -0.00790 e. The normalized spacial score (nSPS) is 57.9. The molecule has 0 heterocycles. The predicted molar refractivity (Wildman–Crippen MR) is 64.6 cm³/mol. The van der Waals surface area contributed by atoms with E-state index in [0.717, 1.165) is 17.8 Å². The van der Waals surface area contributed by atoms with Gasteiger partial charge in [0.25, 0.3) is 0 Å². The summed E-state index contributed by atoms with van der Waals surface area (Å²) < 4.78 is 0. The molecule has 0 aromatic heterocycles. The van der Waals surface area contributed by atoms with Crippen LogP contribution in [0.1, 0.15) is 53.4 Å². The van der Waals surface area contributed by atoms with Gasteiger partial charge in [-0.2, -0.15) is 0 Å². The summed E-state index contributed by atoms with van der Waals surface area (Å²) >= 11 is 0. The van der Waals surface area contributed by atoms with Gasteiger partial charge in [-0.05, 0) is 61.2 Å². The van der Waals surface area contributed by atoms with Crippen LogP contribution in [0.3, 0.4) is 0 Å². The van der Waals surface area contributed by atoms with Crippen molar-refractivity contribution in [3.05, 3.63) is 11.6 Å². The van der Waals surface area contributed by atoms with Crippen LogP contribution in [0.5, 0.6) is 0 Å². The van der Waals surface area contributed by atoms with Gasteiger partial charge in [-0.3, -0.25) is 0 Å².